The van der Waals surface area contributed by atoms with E-state index in [-0.39, 0.29) is 5.41 Å². The predicted octanol–water partition coefficient (Wildman–Crippen LogP) is 5.85. The molecular formula is C32H35N3O2. The lowest BCUT2D eigenvalue weighted by atomic mass is 9.52. The van der Waals surface area contributed by atoms with E-state index in [1.54, 1.807) is 6.33 Å². The second-order valence-electron chi connectivity index (χ2n) is 11.0. The minimum atomic E-state index is -0.875. The second kappa shape index (κ2) is 9.84. The molecule has 1 aromatic heterocycles. The minimum absolute atomic E-state index is 0.00699. The zero-order chi connectivity index (χ0) is 25.3. The number of anilines is 1. The number of benzene rings is 2. The van der Waals surface area contributed by atoms with E-state index < -0.39 is 5.60 Å². The van der Waals surface area contributed by atoms with E-state index in [0.29, 0.717) is 18.2 Å². The molecule has 37 heavy (non-hydrogen) atoms. The lowest BCUT2D eigenvalue weighted by Crippen LogP contribution is -2.50. The molecule has 2 heterocycles. The van der Waals surface area contributed by atoms with Crippen LogP contribution in [0.5, 0.6) is 11.6 Å². The molecule has 2 fully saturated rings. The van der Waals surface area contributed by atoms with Crippen molar-refractivity contribution in [1.82, 2.24) is 9.97 Å². The Morgan fingerprint density at radius 3 is 2.70 bits per heavy atom. The molecular weight excluding hydrogens is 458 g/mol. The average molecular weight is 494 g/mol. The lowest BCUT2D eigenvalue weighted by molar-refractivity contribution is -0.00804. The van der Waals surface area contributed by atoms with E-state index in [4.69, 9.17) is 4.74 Å². The van der Waals surface area contributed by atoms with Crippen molar-refractivity contribution >= 4 is 5.82 Å². The Morgan fingerprint density at radius 1 is 1.05 bits per heavy atom. The molecule has 1 saturated carbocycles. The van der Waals surface area contributed by atoms with Crippen molar-refractivity contribution in [3.8, 4) is 23.5 Å². The van der Waals surface area contributed by atoms with Crippen molar-refractivity contribution in [3.05, 3.63) is 77.6 Å². The average Bonchev–Trinajstić information content (AvgIpc) is 3.45. The van der Waals surface area contributed by atoms with Crippen molar-refractivity contribution in [2.24, 2.45) is 5.92 Å². The topological polar surface area (TPSA) is 58.5 Å². The fourth-order valence-electron chi connectivity index (χ4n) is 6.99. The van der Waals surface area contributed by atoms with Crippen LogP contribution < -0.4 is 9.64 Å². The van der Waals surface area contributed by atoms with Gasteiger partial charge >= 0.3 is 0 Å². The highest BCUT2D eigenvalue weighted by Gasteiger charge is 2.51. The molecule has 3 aromatic rings. The van der Waals surface area contributed by atoms with Crippen LogP contribution in [0.3, 0.4) is 0 Å². The van der Waals surface area contributed by atoms with Gasteiger partial charge in [0.1, 0.15) is 23.5 Å². The minimum Gasteiger partial charge on any atom is -0.439 e. The first-order valence-corrected chi connectivity index (χ1v) is 13.7. The fourth-order valence-corrected chi connectivity index (χ4v) is 6.99. The number of ether oxygens (including phenoxy) is 1. The first-order valence-electron chi connectivity index (χ1n) is 13.7. The molecule has 1 saturated heterocycles. The lowest BCUT2D eigenvalue weighted by Gasteiger charge is -2.52. The smallest absolute Gasteiger partial charge is 0.224 e. The third kappa shape index (κ3) is 4.71. The molecule has 0 amide bonds. The highest BCUT2D eigenvalue weighted by atomic mass is 16.5. The van der Waals surface area contributed by atoms with Crippen LogP contribution in [-0.4, -0.2) is 33.8 Å². The van der Waals surface area contributed by atoms with Gasteiger partial charge in [0.2, 0.25) is 5.88 Å². The Labute approximate surface area is 219 Å². The summed E-state index contributed by atoms with van der Waals surface area (Å²) in [5.41, 5.74) is 3.23. The van der Waals surface area contributed by atoms with E-state index in [0.717, 1.165) is 56.8 Å². The third-order valence-corrected chi connectivity index (χ3v) is 8.73. The maximum absolute atomic E-state index is 11.2. The highest BCUT2D eigenvalue weighted by Crippen LogP contribution is 2.54. The van der Waals surface area contributed by atoms with Crippen LogP contribution in [0.1, 0.15) is 62.1 Å². The summed E-state index contributed by atoms with van der Waals surface area (Å²) in [7, 11) is 0. The third-order valence-electron chi connectivity index (χ3n) is 8.73. The Balaban J connectivity index is 1.31. The molecule has 5 heteroatoms. The van der Waals surface area contributed by atoms with Gasteiger partial charge in [-0.1, -0.05) is 42.3 Å². The van der Waals surface area contributed by atoms with Crippen molar-refractivity contribution in [2.45, 2.75) is 69.3 Å². The molecule has 0 spiro atoms. The molecule has 0 unspecified atom stereocenters. The summed E-state index contributed by atoms with van der Waals surface area (Å²) < 4.78 is 6.26. The van der Waals surface area contributed by atoms with Crippen molar-refractivity contribution < 1.29 is 9.84 Å². The molecule has 190 valence electrons. The zero-order valence-corrected chi connectivity index (χ0v) is 21.6. The Kier molecular flexibility index (Phi) is 6.38. The van der Waals surface area contributed by atoms with Gasteiger partial charge in [-0.3, -0.25) is 0 Å². The van der Waals surface area contributed by atoms with Crippen molar-refractivity contribution in [2.75, 3.05) is 18.0 Å². The fraction of sp³-hybridized carbons (Fsp3) is 0.438. The van der Waals surface area contributed by atoms with Crippen LogP contribution in [0.25, 0.3) is 0 Å². The monoisotopic (exact) mass is 493 g/mol. The van der Waals surface area contributed by atoms with Crippen LogP contribution in [0.2, 0.25) is 0 Å². The summed E-state index contributed by atoms with van der Waals surface area (Å²) in [6.07, 6.45) is 9.38. The van der Waals surface area contributed by atoms with E-state index in [9.17, 15) is 5.11 Å². The maximum atomic E-state index is 11.2. The number of aromatic nitrogens is 2. The van der Waals surface area contributed by atoms with Crippen LogP contribution in [0, 0.1) is 17.8 Å². The molecule has 3 aliphatic rings. The van der Waals surface area contributed by atoms with Gasteiger partial charge in [-0.15, -0.1) is 5.92 Å². The van der Waals surface area contributed by atoms with E-state index in [1.807, 2.05) is 13.0 Å². The van der Waals surface area contributed by atoms with Crippen molar-refractivity contribution in [3.63, 3.8) is 0 Å². The van der Waals surface area contributed by atoms with Crippen molar-refractivity contribution in [1.29, 1.82) is 0 Å². The number of fused-ring (bicyclic) bond motifs is 3. The van der Waals surface area contributed by atoms with Crippen LogP contribution in [0.15, 0.2) is 60.9 Å². The highest BCUT2D eigenvalue weighted by molar-refractivity contribution is 5.47. The van der Waals surface area contributed by atoms with Crippen LogP contribution >= 0.6 is 0 Å². The number of aryl methyl sites for hydroxylation is 1. The first kappa shape index (κ1) is 24.0. The zero-order valence-electron chi connectivity index (χ0n) is 21.6. The van der Waals surface area contributed by atoms with Gasteiger partial charge in [-0.05, 0) is 93.0 Å². The SMILES string of the molecule is CC#C[C@@]1(O)CC[C@@]2(Cc3ccccc3)c3ccc(Oc4cc(N5CCCC5)ncn4)cc3CC[C@@H]2C1. The van der Waals surface area contributed by atoms with E-state index >= 15 is 0 Å². The maximum Gasteiger partial charge on any atom is 0.224 e. The summed E-state index contributed by atoms with van der Waals surface area (Å²) in [6, 6.07) is 19.3. The Hall–Kier alpha value is -3.36. The molecule has 6 rings (SSSR count). The normalized spacial score (nSPS) is 26.5. The van der Waals surface area contributed by atoms with Gasteiger partial charge in [0, 0.05) is 24.6 Å². The van der Waals surface area contributed by atoms with E-state index in [1.165, 1.54) is 29.5 Å². The van der Waals surface area contributed by atoms with Gasteiger partial charge in [-0.25, -0.2) is 9.97 Å². The standard InChI is InChI=1S/C32H35N3O2/c1-2-14-31(36)15-16-32(21-24-8-4-3-5-9-24)26(22-31)11-10-25-19-27(12-13-28(25)32)37-30-20-29(33-23-34-30)35-17-6-7-18-35/h3-5,8-9,12-13,19-20,23,26,36H,6-7,10-11,15-18,21-22H2,1H3/t26-,31-,32+/m1/s1. The molecule has 1 aliphatic heterocycles. The number of hydrogen-bond acceptors (Lipinski definition) is 5. The largest absolute Gasteiger partial charge is 0.439 e. The summed E-state index contributed by atoms with van der Waals surface area (Å²) in [5.74, 6) is 8.84. The number of hydrogen-bond donors (Lipinski definition) is 1. The first-order chi connectivity index (χ1) is 18.1. The predicted molar refractivity (Wildman–Crippen MR) is 146 cm³/mol. The summed E-state index contributed by atoms with van der Waals surface area (Å²) in [6.45, 7) is 3.91. The molecule has 1 N–H and O–H groups in total. The molecule has 3 atom stereocenters. The van der Waals surface area contributed by atoms with Gasteiger partial charge in [0.25, 0.3) is 0 Å². The Bertz CT molecular complexity index is 1320. The molecule has 5 nitrogen and oxygen atoms in total. The van der Waals surface area contributed by atoms with Gasteiger partial charge in [0.05, 0.1) is 0 Å². The number of nitrogens with zero attached hydrogens (tertiary/aromatic N) is 3. The van der Waals surface area contributed by atoms with Crippen LogP contribution in [-0.2, 0) is 18.3 Å². The molecule has 2 aliphatic carbocycles. The van der Waals surface area contributed by atoms with E-state index in [2.05, 4.69) is 75.2 Å². The van der Waals surface area contributed by atoms with Gasteiger partial charge < -0.3 is 14.7 Å². The summed E-state index contributed by atoms with van der Waals surface area (Å²) >= 11 is 0. The molecule has 0 radical (unpaired) electrons. The molecule has 0 bridgehead atoms. The van der Waals surface area contributed by atoms with Gasteiger partial charge in [0.15, 0.2) is 0 Å². The quantitative estimate of drug-likeness (QED) is 0.452. The number of aliphatic hydroxyl groups is 1. The Morgan fingerprint density at radius 2 is 1.89 bits per heavy atom. The summed E-state index contributed by atoms with van der Waals surface area (Å²) in [4.78, 5) is 11.1. The number of rotatable bonds is 5. The second-order valence-corrected chi connectivity index (χ2v) is 11.0. The summed E-state index contributed by atoms with van der Waals surface area (Å²) in [5, 5.41) is 11.2. The van der Waals surface area contributed by atoms with Crippen LogP contribution in [0.4, 0.5) is 5.82 Å². The van der Waals surface area contributed by atoms with Gasteiger partial charge in [-0.2, -0.15) is 0 Å². The molecule has 2 aromatic carbocycles.